The highest BCUT2D eigenvalue weighted by Gasteiger charge is 2.04. The second-order valence-electron chi connectivity index (χ2n) is 2.06. The minimum Gasteiger partial charge on any atom is -0.266 e. The zero-order valence-corrected chi connectivity index (χ0v) is 4.76. The van der Waals surface area contributed by atoms with Gasteiger partial charge in [0.15, 0.2) is 0 Å². The molecule has 1 nitrogen and oxygen atoms in total. The summed E-state index contributed by atoms with van der Waals surface area (Å²) in [4.78, 5) is 3.68. The van der Waals surface area contributed by atoms with Crippen LogP contribution in [0.1, 0.15) is 13.3 Å². The molecule has 0 spiro atoms. The maximum absolute atomic E-state index is 12.2. The lowest BCUT2D eigenvalue weighted by Crippen LogP contribution is -1.98. The molecule has 0 amide bonds. The van der Waals surface area contributed by atoms with Crippen LogP contribution in [0.2, 0.25) is 0 Å². The van der Waals surface area contributed by atoms with Gasteiger partial charge in [0.25, 0.3) is 0 Å². The summed E-state index contributed by atoms with van der Waals surface area (Å²) in [5.41, 5.74) is 0. The molecule has 0 aromatic carbocycles. The summed E-state index contributed by atoms with van der Waals surface area (Å²) in [5, 5.41) is 0. The van der Waals surface area contributed by atoms with Gasteiger partial charge < -0.3 is 0 Å². The Kier molecular flexibility index (Phi) is 1.42. The number of allylic oxidation sites excluding steroid dienone is 1. The molecule has 1 aliphatic rings. The Balaban J connectivity index is 2.59. The molecular formula is C6H8FN. The Morgan fingerprint density at radius 3 is 3.00 bits per heavy atom. The highest BCUT2D eigenvalue weighted by Crippen LogP contribution is 2.14. The van der Waals surface area contributed by atoms with Crippen LogP contribution in [-0.2, 0) is 0 Å². The molecule has 0 radical (unpaired) electrons. The van der Waals surface area contributed by atoms with Gasteiger partial charge in [0.1, 0.15) is 5.83 Å². The van der Waals surface area contributed by atoms with Crippen molar-refractivity contribution in [3.8, 4) is 0 Å². The van der Waals surface area contributed by atoms with Gasteiger partial charge in [0.05, 0.1) is 6.20 Å². The molecular weight excluding hydrogens is 105 g/mol. The van der Waals surface area contributed by atoms with Crippen LogP contribution in [0.15, 0.2) is 17.0 Å². The van der Waals surface area contributed by atoms with Gasteiger partial charge in [-0.25, -0.2) is 4.39 Å². The summed E-state index contributed by atoms with van der Waals surface area (Å²) in [6.45, 7) is 1.94. The molecule has 0 saturated carbocycles. The van der Waals surface area contributed by atoms with Crippen molar-refractivity contribution in [2.75, 3.05) is 0 Å². The van der Waals surface area contributed by atoms with Gasteiger partial charge in [0.2, 0.25) is 0 Å². The summed E-state index contributed by atoms with van der Waals surface area (Å²) in [5.74, 6) is 0.167. The van der Waals surface area contributed by atoms with Crippen molar-refractivity contribution in [3.05, 3.63) is 12.0 Å². The van der Waals surface area contributed by atoms with Crippen molar-refractivity contribution in [1.29, 1.82) is 0 Å². The van der Waals surface area contributed by atoms with Gasteiger partial charge in [0, 0.05) is 12.6 Å². The van der Waals surface area contributed by atoms with Crippen molar-refractivity contribution in [3.63, 3.8) is 0 Å². The number of aliphatic imine (C=N–C) groups is 1. The molecule has 44 valence electrons. The molecule has 0 aromatic rings. The average molecular weight is 113 g/mol. The molecule has 2 heteroatoms. The molecule has 0 N–H and O–H groups in total. The fourth-order valence-corrected chi connectivity index (χ4v) is 0.684. The smallest absolute Gasteiger partial charge is 0.119 e. The van der Waals surface area contributed by atoms with Crippen molar-refractivity contribution in [1.82, 2.24) is 0 Å². The molecule has 0 bridgehead atoms. The molecule has 0 fully saturated rings. The van der Waals surface area contributed by atoms with Crippen LogP contribution in [0.5, 0.6) is 0 Å². The van der Waals surface area contributed by atoms with Crippen LogP contribution >= 0.6 is 0 Å². The largest absolute Gasteiger partial charge is 0.266 e. The Morgan fingerprint density at radius 1 is 1.88 bits per heavy atom. The predicted octanol–water partition coefficient (Wildman–Crippen LogP) is 1.91. The van der Waals surface area contributed by atoms with Crippen LogP contribution in [0.4, 0.5) is 4.39 Å². The number of nitrogens with zero attached hydrogens (tertiary/aromatic N) is 1. The predicted molar refractivity (Wildman–Crippen MR) is 31.5 cm³/mol. The number of rotatable bonds is 0. The fourth-order valence-electron chi connectivity index (χ4n) is 0.684. The number of halogens is 1. The monoisotopic (exact) mass is 113 g/mol. The van der Waals surface area contributed by atoms with Crippen LogP contribution in [0, 0.1) is 5.92 Å². The van der Waals surface area contributed by atoms with E-state index in [1.54, 1.807) is 6.21 Å². The molecule has 1 heterocycles. The minimum atomic E-state index is -0.111. The van der Waals surface area contributed by atoms with E-state index in [0.29, 0.717) is 6.42 Å². The molecule has 1 aliphatic heterocycles. The summed E-state index contributed by atoms with van der Waals surface area (Å²) in [6.07, 6.45) is 3.53. The van der Waals surface area contributed by atoms with Gasteiger partial charge in [-0.1, -0.05) is 6.92 Å². The lowest BCUT2D eigenvalue weighted by atomic mass is 10.1. The normalized spacial score (nSPS) is 27.8. The lowest BCUT2D eigenvalue weighted by Gasteiger charge is -2.04. The average Bonchev–Trinajstić information content (AvgIpc) is 1.64. The van der Waals surface area contributed by atoms with E-state index in [4.69, 9.17) is 0 Å². The summed E-state index contributed by atoms with van der Waals surface area (Å²) < 4.78 is 12.2. The number of hydrogen-bond donors (Lipinski definition) is 0. The first kappa shape index (κ1) is 5.48. The Morgan fingerprint density at radius 2 is 2.62 bits per heavy atom. The van der Waals surface area contributed by atoms with Crippen molar-refractivity contribution < 1.29 is 4.39 Å². The van der Waals surface area contributed by atoms with Crippen LogP contribution in [0.25, 0.3) is 0 Å². The van der Waals surface area contributed by atoms with Crippen LogP contribution in [0.3, 0.4) is 0 Å². The third-order valence-electron chi connectivity index (χ3n) is 1.07. The molecule has 0 unspecified atom stereocenters. The third kappa shape index (κ3) is 1.15. The third-order valence-corrected chi connectivity index (χ3v) is 1.07. The highest BCUT2D eigenvalue weighted by atomic mass is 19.1. The first-order chi connectivity index (χ1) is 3.79. The summed E-state index contributed by atoms with van der Waals surface area (Å²) in [7, 11) is 0. The molecule has 0 aromatic heterocycles. The molecule has 8 heavy (non-hydrogen) atoms. The van der Waals surface area contributed by atoms with E-state index < -0.39 is 0 Å². The van der Waals surface area contributed by atoms with E-state index in [1.807, 2.05) is 6.92 Å². The standard InChI is InChI=1S/C6H8FN/c1-5-2-6(7)4-8-3-5/h3-5H,2H2,1H3/t5-/m0/s1. The molecule has 0 saturated heterocycles. The van der Waals surface area contributed by atoms with Crippen LogP contribution < -0.4 is 0 Å². The van der Waals surface area contributed by atoms with Gasteiger partial charge in [-0.05, 0) is 5.92 Å². The van der Waals surface area contributed by atoms with Crippen molar-refractivity contribution >= 4 is 6.21 Å². The Hall–Kier alpha value is -0.660. The topological polar surface area (TPSA) is 12.4 Å². The Bertz CT molecular complexity index is 137. The number of hydrogen-bond acceptors (Lipinski definition) is 1. The van der Waals surface area contributed by atoms with Crippen molar-refractivity contribution in [2.24, 2.45) is 10.9 Å². The van der Waals surface area contributed by atoms with E-state index in [2.05, 4.69) is 4.99 Å². The zero-order valence-electron chi connectivity index (χ0n) is 4.76. The van der Waals surface area contributed by atoms with Gasteiger partial charge in [-0.2, -0.15) is 0 Å². The van der Waals surface area contributed by atoms with E-state index in [9.17, 15) is 4.39 Å². The maximum Gasteiger partial charge on any atom is 0.119 e. The van der Waals surface area contributed by atoms with Gasteiger partial charge >= 0.3 is 0 Å². The van der Waals surface area contributed by atoms with E-state index in [1.165, 1.54) is 6.20 Å². The SMILES string of the molecule is C[C@@H]1C=NC=C(F)C1. The van der Waals surface area contributed by atoms with Gasteiger partial charge in [-0.3, -0.25) is 4.99 Å². The second-order valence-corrected chi connectivity index (χ2v) is 2.06. The van der Waals surface area contributed by atoms with Crippen molar-refractivity contribution in [2.45, 2.75) is 13.3 Å². The Labute approximate surface area is 47.9 Å². The zero-order chi connectivity index (χ0) is 5.98. The molecule has 0 aliphatic carbocycles. The maximum atomic E-state index is 12.2. The quantitative estimate of drug-likeness (QED) is 0.455. The molecule has 1 atom stereocenters. The van der Waals surface area contributed by atoms with E-state index in [-0.39, 0.29) is 11.7 Å². The summed E-state index contributed by atoms with van der Waals surface area (Å²) >= 11 is 0. The first-order valence-electron chi connectivity index (χ1n) is 2.67. The van der Waals surface area contributed by atoms with E-state index in [0.717, 1.165) is 0 Å². The van der Waals surface area contributed by atoms with E-state index >= 15 is 0 Å². The molecule has 1 rings (SSSR count). The highest BCUT2D eigenvalue weighted by molar-refractivity contribution is 5.62. The van der Waals surface area contributed by atoms with Crippen LogP contribution in [-0.4, -0.2) is 6.21 Å². The second kappa shape index (κ2) is 2.07. The minimum absolute atomic E-state index is 0.111. The first-order valence-corrected chi connectivity index (χ1v) is 2.67. The fraction of sp³-hybridized carbons (Fsp3) is 0.500. The lowest BCUT2D eigenvalue weighted by molar-refractivity contribution is 0.548. The van der Waals surface area contributed by atoms with Gasteiger partial charge in [-0.15, -0.1) is 0 Å². The summed E-state index contributed by atoms with van der Waals surface area (Å²) in [6, 6.07) is 0.